The third kappa shape index (κ3) is 4.29. The van der Waals surface area contributed by atoms with E-state index in [4.69, 9.17) is 0 Å². The molecule has 35 heavy (non-hydrogen) atoms. The molecule has 2 fully saturated rings. The van der Waals surface area contributed by atoms with Gasteiger partial charge in [0.25, 0.3) is 5.91 Å². The van der Waals surface area contributed by atoms with Gasteiger partial charge in [0.2, 0.25) is 0 Å². The maximum absolute atomic E-state index is 13.1. The van der Waals surface area contributed by atoms with E-state index in [1.165, 1.54) is 54.7 Å². The Morgan fingerprint density at radius 1 is 1.11 bits per heavy atom. The lowest BCUT2D eigenvalue weighted by Crippen LogP contribution is -2.51. The zero-order valence-electron chi connectivity index (χ0n) is 20.7. The van der Waals surface area contributed by atoms with Crippen LogP contribution in [-0.4, -0.2) is 49.7 Å². The van der Waals surface area contributed by atoms with Gasteiger partial charge in [0, 0.05) is 55.5 Å². The van der Waals surface area contributed by atoms with Crippen LogP contribution in [0.1, 0.15) is 57.7 Å². The molecule has 7 heteroatoms. The summed E-state index contributed by atoms with van der Waals surface area (Å²) in [7, 11) is 1.87. The number of aryl methyl sites for hydroxylation is 1. The molecule has 1 aliphatic carbocycles. The number of hydrogen-bond donors (Lipinski definition) is 3. The first-order valence-corrected chi connectivity index (χ1v) is 13.9. The third-order valence-corrected chi connectivity index (χ3v) is 9.09. The molecule has 2 atom stereocenters. The predicted molar refractivity (Wildman–Crippen MR) is 145 cm³/mol. The van der Waals surface area contributed by atoms with Gasteiger partial charge in [-0.15, -0.1) is 11.3 Å². The average Bonchev–Trinajstić information content (AvgIpc) is 3.41. The maximum atomic E-state index is 13.1. The molecule has 184 valence electrons. The smallest absolute Gasteiger partial charge is 0.263 e. The lowest BCUT2D eigenvalue weighted by Gasteiger charge is -2.37. The summed E-state index contributed by atoms with van der Waals surface area (Å²) in [5, 5.41) is 11.2. The number of anilines is 2. The minimum Gasteiger partial charge on any atom is -0.386 e. The number of nitrogens with zero attached hydrogens (tertiary/aromatic N) is 2. The molecule has 3 aromatic rings. The quantitative estimate of drug-likeness (QED) is 0.478. The van der Waals surface area contributed by atoms with Crippen molar-refractivity contribution >= 4 is 38.8 Å². The molecule has 3 N–H and O–H groups in total. The molecule has 1 aromatic carbocycles. The number of rotatable bonds is 6. The molecule has 3 aliphatic rings. The number of aromatic nitrogens is 1. The number of pyridine rings is 1. The Labute approximate surface area is 211 Å². The van der Waals surface area contributed by atoms with Crippen molar-refractivity contribution < 1.29 is 4.79 Å². The molecule has 4 heterocycles. The van der Waals surface area contributed by atoms with E-state index >= 15 is 0 Å². The SMILES string of the molecule is CNc1c(C(=O)NCCc2ccc(N3CC4CCC(C3)N4)c3c2CCCC3)sc2nc(C)ccc12. The number of carbonyl (C=O) groups excluding carboxylic acids is 1. The van der Waals surface area contributed by atoms with Crippen LogP contribution < -0.4 is 20.9 Å². The Hall–Kier alpha value is -2.64. The normalized spacial score (nSPS) is 21.3. The fraction of sp³-hybridized carbons (Fsp3) is 0.500. The van der Waals surface area contributed by atoms with Gasteiger partial charge >= 0.3 is 0 Å². The molecule has 2 bridgehead atoms. The fourth-order valence-electron chi connectivity index (χ4n) is 6.32. The van der Waals surface area contributed by atoms with Gasteiger partial charge in [-0.3, -0.25) is 4.79 Å². The first-order valence-electron chi connectivity index (χ1n) is 13.1. The topological polar surface area (TPSA) is 69.3 Å². The van der Waals surface area contributed by atoms with E-state index in [0.29, 0.717) is 23.5 Å². The summed E-state index contributed by atoms with van der Waals surface area (Å²) in [5.41, 5.74) is 7.84. The van der Waals surface area contributed by atoms with E-state index in [1.54, 1.807) is 11.1 Å². The van der Waals surface area contributed by atoms with Crippen LogP contribution in [0.15, 0.2) is 24.3 Å². The molecular weight excluding hydrogens is 454 g/mol. The number of piperazine rings is 1. The van der Waals surface area contributed by atoms with Crippen molar-refractivity contribution in [1.29, 1.82) is 0 Å². The minimum atomic E-state index is -0.0169. The molecule has 0 radical (unpaired) electrons. The first kappa shape index (κ1) is 22.8. The largest absolute Gasteiger partial charge is 0.386 e. The number of fused-ring (bicyclic) bond motifs is 4. The predicted octanol–water partition coefficient (Wildman–Crippen LogP) is 4.44. The second-order valence-electron chi connectivity index (χ2n) is 10.3. The van der Waals surface area contributed by atoms with Gasteiger partial charge in [0.1, 0.15) is 9.71 Å². The van der Waals surface area contributed by atoms with Crippen molar-refractivity contribution in [3.05, 3.63) is 51.5 Å². The summed E-state index contributed by atoms with van der Waals surface area (Å²) in [6.07, 6.45) is 8.39. The number of nitrogens with one attached hydrogen (secondary N) is 3. The standard InChI is InChI=1S/C28H35N5OS/c1-17-7-11-23-25(29-2)26(35-28(23)31-17)27(34)30-14-13-18-8-12-24(22-6-4-3-5-21(18)22)33-15-19-9-10-20(16-33)32-19/h7-8,11-12,19-20,29,32H,3-6,9-10,13-16H2,1-2H3,(H,30,34). The van der Waals surface area contributed by atoms with E-state index in [-0.39, 0.29) is 5.91 Å². The van der Waals surface area contributed by atoms with Crippen molar-refractivity contribution in [2.75, 3.05) is 36.9 Å². The molecule has 2 saturated heterocycles. The van der Waals surface area contributed by atoms with Crippen LogP contribution in [0.3, 0.4) is 0 Å². The van der Waals surface area contributed by atoms with E-state index in [1.807, 2.05) is 20.0 Å². The monoisotopic (exact) mass is 489 g/mol. The van der Waals surface area contributed by atoms with Crippen molar-refractivity contribution in [2.24, 2.45) is 0 Å². The van der Waals surface area contributed by atoms with Crippen LogP contribution in [0.2, 0.25) is 0 Å². The van der Waals surface area contributed by atoms with Crippen LogP contribution in [-0.2, 0) is 19.3 Å². The minimum absolute atomic E-state index is 0.0169. The highest BCUT2D eigenvalue weighted by Crippen LogP contribution is 2.36. The van der Waals surface area contributed by atoms with Gasteiger partial charge < -0.3 is 20.9 Å². The summed E-state index contributed by atoms with van der Waals surface area (Å²) in [4.78, 5) is 22.0. The van der Waals surface area contributed by atoms with Crippen molar-refractivity contribution in [3.8, 4) is 0 Å². The lowest BCUT2D eigenvalue weighted by atomic mass is 9.85. The molecule has 0 spiro atoms. The van der Waals surface area contributed by atoms with Crippen LogP contribution >= 0.6 is 11.3 Å². The molecule has 2 aromatic heterocycles. The van der Waals surface area contributed by atoms with E-state index in [2.05, 4.69) is 44.0 Å². The molecule has 1 amide bonds. The Kier molecular flexibility index (Phi) is 6.14. The summed E-state index contributed by atoms with van der Waals surface area (Å²) in [6.45, 7) is 4.90. The van der Waals surface area contributed by atoms with Crippen LogP contribution in [0.25, 0.3) is 10.2 Å². The number of thiophene rings is 1. The zero-order valence-corrected chi connectivity index (χ0v) is 21.6. The van der Waals surface area contributed by atoms with E-state index in [0.717, 1.165) is 47.5 Å². The Bertz CT molecular complexity index is 1260. The third-order valence-electron chi connectivity index (χ3n) is 8.00. The van der Waals surface area contributed by atoms with Gasteiger partial charge in [-0.25, -0.2) is 4.98 Å². The second-order valence-corrected chi connectivity index (χ2v) is 11.3. The molecule has 6 rings (SSSR count). The lowest BCUT2D eigenvalue weighted by molar-refractivity contribution is 0.0959. The molecule has 0 saturated carbocycles. The van der Waals surface area contributed by atoms with Gasteiger partial charge in [-0.2, -0.15) is 0 Å². The van der Waals surface area contributed by atoms with Crippen molar-refractivity contribution in [1.82, 2.24) is 15.6 Å². The summed E-state index contributed by atoms with van der Waals surface area (Å²) in [5.74, 6) is -0.0169. The summed E-state index contributed by atoms with van der Waals surface area (Å²) in [6, 6.07) is 10.0. The Morgan fingerprint density at radius 2 is 1.89 bits per heavy atom. The van der Waals surface area contributed by atoms with Crippen LogP contribution in [0, 0.1) is 6.92 Å². The fourth-order valence-corrected chi connectivity index (χ4v) is 7.46. The van der Waals surface area contributed by atoms with Crippen LogP contribution in [0.4, 0.5) is 11.4 Å². The summed E-state index contributed by atoms with van der Waals surface area (Å²) >= 11 is 1.47. The van der Waals surface area contributed by atoms with Gasteiger partial charge in [-0.05, 0) is 86.8 Å². The van der Waals surface area contributed by atoms with Gasteiger partial charge in [0.05, 0.1) is 5.69 Å². The highest BCUT2D eigenvalue weighted by Gasteiger charge is 2.33. The number of carbonyl (C=O) groups is 1. The highest BCUT2D eigenvalue weighted by molar-refractivity contribution is 7.21. The molecule has 6 nitrogen and oxygen atoms in total. The Balaban J connectivity index is 1.18. The molecule has 2 unspecified atom stereocenters. The zero-order chi connectivity index (χ0) is 23.9. The molecular formula is C28H35N5OS. The van der Waals surface area contributed by atoms with E-state index < -0.39 is 0 Å². The number of hydrogen-bond acceptors (Lipinski definition) is 6. The van der Waals surface area contributed by atoms with Gasteiger partial charge in [-0.1, -0.05) is 6.07 Å². The number of benzene rings is 1. The maximum Gasteiger partial charge on any atom is 0.263 e. The van der Waals surface area contributed by atoms with Crippen LogP contribution in [0.5, 0.6) is 0 Å². The summed E-state index contributed by atoms with van der Waals surface area (Å²) < 4.78 is 0. The second kappa shape index (κ2) is 9.43. The van der Waals surface area contributed by atoms with E-state index in [9.17, 15) is 4.79 Å². The Morgan fingerprint density at radius 3 is 2.66 bits per heavy atom. The van der Waals surface area contributed by atoms with Crippen molar-refractivity contribution in [2.45, 2.75) is 64.0 Å². The molecule has 2 aliphatic heterocycles. The average molecular weight is 490 g/mol. The highest BCUT2D eigenvalue weighted by atomic mass is 32.1. The first-order chi connectivity index (χ1) is 17.1. The number of amides is 1. The van der Waals surface area contributed by atoms with Gasteiger partial charge in [0.15, 0.2) is 0 Å². The van der Waals surface area contributed by atoms with Crippen molar-refractivity contribution in [3.63, 3.8) is 0 Å².